The van der Waals surface area contributed by atoms with Crippen LogP contribution in [0.4, 0.5) is 4.79 Å². The van der Waals surface area contributed by atoms with Gasteiger partial charge >= 0.3 is 6.09 Å². The first-order chi connectivity index (χ1) is 11.1. The molecule has 7 nitrogen and oxygen atoms in total. The quantitative estimate of drug-likeness (QED) is 0.704. The molecule has 0 saturated heterocycles. The predicted octanol–water partition coefficient (Wildman–Crippen LogP) is 2.52. The Morgan fingerprint density at radius 3 is 2.70 bits per heavy atom. The number of aromatic nitrogens is 1. The molecule has 1 heterocycles. The lowest BCUT2D eigenvalue weighted by Gasteiger charge is -2.10. The number of amides is 2. The Morgan fingerprint density at radius 2 is 1.96 bits per heavy atom. The van der Waals surface area contributed by atoms with Crippen LogP contribution in [0.15, 0.2) is 42.6 Å². The maximum absolute atomic E-state index is 12.1. The molecule has 23 heavy (non-hydrogen) atoms. The predicted molar refractivity (Wildman–Crippen MR) is 84.1 cm³/mol. The van der Waals surface area contributed by atoms with Crippen molar-refractivity contribution in [2.24, 2.45) is 0 Å². The van der Waals surface area contributed by atoms with E-state index in [0.717, 1.165) is 0 Å². The molecule has 2 aromatic rings. The minimum Gasteiger partial charge on any atom is -0.465 e. The van der Waals surface area contributed by atoms with E-state index in [2.05, 4.69) is 15.6 Å². The van der Waals surface area contributed by atoms with Gasteiger partial charge in [-0.05, 0) is 30.3 Å². The van der Waals surface area contributed by atoms with Crippen molar-refractivity contribution in [2.45, 2.75) is 0 Å². The molecular formula is C15H14ClN3O4. The first-order valence-corrected chi connectivity index (χ1v) is 7.07. The number of pyridine rings is 1. The van der Waals surface area contributed by atoms with Crippen LogP contribution >= 0.6 is 11.6 Å². The van der Waals surface area contributed by atoms with Gasteiger partial charge < -0.3 is 20.5 Å². The van der Waals surface area contributed by atoms with Gasteiger partial charge in [0.15, 0.2) is 11.4 Å². The fourth-order valence-corrected chi connectivity index (χ4v) is 1.91. The summed E-state index contributed by atoms with van der Waals surface area (Å²) in [6.07, 6.45) is 0.317. The molecule has 1 aromatic carbocycles. The standard InChI is InChI=1S/C15H14ClN3O4/c16-10-3-1-4-11(9-10)23-12-5-2-6-17-13(12)14(20)18-7-8-19-15(21)22/h1-6,9,19H,7-8H2,(H,18,20)(H,21,22). The number of ether oxygens (including phenoxy) is 1. The monoisotopic (exact) mass is 335 g/mol. The van der Waals surface area contributed by atoms with Crippen molar-refractivity contribution < 1.29 is 19.4 Å². The molecule has 3 N–H and O–H groups in total. The van der Waals surface area contributed by atoms with Crippen LogP contribution in [0.3, 0.4) is 0 Å². The molecule has 0 saturated carbocycles. The second-order valence-electron chi connectivity index (χ2n) is 4.40. The minimum atomic E-state index is -1.15. The van der Waals surface area contributed by atoms with Crippen molar-refractivity contribution >= 4 is 23.6 Å². The smallest absolute Gasteiger partial charge is 0.404 e. The van der Waals surface area contributed by atoms with Crippen LogP contribution < -0.4 is 15.4 Å². The Kier molecular flexibility index (Phi) is 5.76. The summed E-state index contributed by atoms with van der Waals surface area (Å²) in [4.78, 5) is 26.4. The van der Waals surface area contributed by atoms with E-state index in [0.29, 0.717) is 10.8 Å². The van der Waals surface area contributed by atoms with Gasteiger partial charge in [-0.3, -0.25) is 4.79 Å². The second kappa shape index (κ2) is 8.00. The van der Waals surface area contributed by atoms with Crippen molar-refractivity contribution in [2.75, 3.05) is 13.1 Å². The van der Waals surface area contributed by atoms with E-state index in [-0.39, 0.29) is 24.5 Å². The third-order valence-electron chi connectivity index (χ3n) is 2.70. The van der Waals surface area contributed by atoms with Gasteiger partial charge in [0.05, 0.1) is 0 Å². The van der Waals surface area contributed by atoms with Crippen LogP contribution in [0.5, 0.6) is 11.5 Å². The van der Waals surface area contributed by atoms with E-state index in [9.17, 15) is 9.59 Å². The zero-order valence-corrected chi connectivity index (χ0v) is 12.7. The maximum Gasteiger partial charge on any atom is 0.404 e. The normalized spacial score (nSPS) is 9.96. The molecular weight excluding hydrogens is 322 g/mol. The van der Waals surface area contributed by atoms with Crippen LogP contribution in [0.25, 0.3) is 0 Å². The van der Waals surface area contributed by atoms with Crippen LogP contribution in [0.2, 0.25) is 5.02 Å². The number of nitrogens with zero attached hydrogens (tertiary/aromatic N) is 1. The summed E-state index contributed by atoms with van der Waals surface area (Å²) in [6.45, 7) is 0.233. The van der Waals surface area contributed by atoms with Crippen LogP contribution in [0, 0.1) is 0 Å². The average Bonchev–Trinajstić information content (AvgIpc) is 2.52. The van der Waals surface area contributed by atoms with Gasteiger partial charge in [-0.2, -0.15) is 0 Å². The third kappa shape index (κ3) is 5.15. The summed E-state index contributed by atoms with van der Waals surface area (Å²) < 4.78 is 5.64. The number of carbonyl (C=O) groups excluding carboxylic acids is 1. The molecule has 0 radical (unpaired) electrons. The van der Waals surface area contributed by atoms with Gasteiger partial charge in [-0.1, -0.05) is 17.7 Å². The summed E-state index contributed by atoms with van der Waals surface area (Å²) in [5.41, 5.74) is 0.0998. The van der Waals surface area contributed by atoms with Gasteiger partial charge in [0, 0.05) is 24.3 Å². The molecule has 8 heteroatoms. The fourth-order valence-electron chi connectivity index (χ4n) is 1.73. The molecule has 0 atom stereocenters. The molecule has 0 spiro atoms. The lowest BCUT2D eigenvalue weighted by atomic mass is 10.3. The highest BCUT2D eigenvalue weighted by atomic mass is 35.5. The Labute approximate surface area is 137 Å². The Morgan fingerprint density at radius 1 is 1.17 bits per heavy atom. The lowest BCUT2D eigenvalue weighted by molar-refractivity contribution is 0.0945. The minimum absolute atomic E-state index is 0.0956. The first-order valence-electron chi connectivity index (χ1n) is 6.69. The molecule has 2 rings (SSSR count). The van der Waals surface area contributed by atoms with Crippen LogP contribution in [-0.4, -0.2) is 35.2 Å². The average molecular weight is 336 g/mol. The summed E-state index contributed by atoms with van der Waals surface area (Å²) in [7, 11) is 0. The van der Waals surface area contributed by atoms with Gasteiger partial charge in [0.2, 0.25) is 0 Å². The molecule has 0 fully saturated rings. The third-order valence-corrected chi connectivity index (χ3v) is 2.93. The molecule has 0 aliphatic heterocycles. The molecule has 120 valence electrons. The van der Waals surface area contributed by atoms with E-state index in [1.165, 1.54) is 6.20 Å². The SMILES string of the molecule is O=C(O)NCCNC(=O)c1ncccc1Oc1cccc(Cl)c1. The zero-order valence-electron chi connectivity index (χ0n) is 12.0. The number of benzene rings is 1. The van der Waals surface area contributed by atoms with Gasteiger partial charge in [0.1, 0.15) is 5.75 Å². The van der Waals surface area contributed by atoms with Crippen molar-refractivity contribution in [3.05, 3.63) is 53.3 Å². The summed E-state index contributed by atoms with van der Waals surface area (Å²) in [6, 6.07) is 10.0. The molecule has 0 unspecified atom stereocenters. The highest BCUT2D eigenvalue weighted by Crippen LogP contribution is 2.25. The summed E-state index contributed by atoms with van der Waals surface area (Å²) >= 11 is 5.89. The van der Waals surface area contributed by atoms with Crippen LogP contribution in [0.1, 0.15) is 10.5 Å². The van der Waals surface area contributed by atoms with Gasteiger partial charge in [-0.15, -0.1) is 0 Å². The van der Waals surface area contributed by atoms with E-state index in [4.69, 9.17) is 21.4 Å². The molecule has 0 aliphatic carbocycles. The topological polar surface area (TPSA) is 101 Å². The van der Waals surface area contributed by atoms with E-state index in [1.54, 1.807) is 36.4 Å². The highest BCUT2D eigenvalue weighted by molar-refractivity contribution is 6.30. The first kappa shape index (κ1) is 16.6. The Bertz CT molecular complexity index is 709. The number of nitrogens with one attached hydrogen (secondary N) is 2. The fraction of sp³-hybridized carbons (Fsp3) is 0.133. The number of rotatable bonds is 6. The van der Waals surface area contributed by atoms with E-state index < -0.39 is 12.0 Å². The van der Waals surface area contributed by atoms with Gasteiger partial charge in [0.25, 0.3) is 5.91 Å². The molecule has 2 amide bonds. The Hall–Kier alpha value is -2.80. The van der Waals surface area contributed by atoms with Crippen molar-refractivity contribution in [1.29, 1.82) is 0 Å². The number of hydrogen-bond acceptors (Lipinski definition) is 4. The number of carboxylic acid groups (broad SMARTS) is 1. The largest absolute Gasteiger partial charge is 0.465 e. The second-order valence-corrected chi connectivity index (χ2v) is 4.83. The van der Waals surface area contributed by atoms with Crippen molar-refractivity contribution in [1.82, 2.24) is 15.6 Å². The summed E-state index contributed by atoms with van der Waals surface area (Å²) in [5, 5.41) is 13.7. The summed E-state index contributed by atoms with van der Waals surface area (Å²) in [5.74, 6) is 0.292. The van der Waals surface area contributed by atoms with Gasteiger partial charge in [-0.25, -0.2) is 9.78 Å². The lowest BCUT2D eigenvalue weighted by Crippen LogP contribution is -2.34. The molecule has 1 aromatic heterocycles. The zero-order chi connectivity index (χ0) is 16.7. The maximum atomic E-state index is 12.1. The number of hydrogen-bond donors (Lipinski definition) is 3. The molecule has 0 aliphatic rings. The van der Waals surface area contributed by atoms with Crippen molar-refractivity contribution in [3.63, 3.8) is 0 Å². The van der Waals surface area contributed by atoms with E-state index >= 15 is 0 Å². The molecule has 0 bridgehead atoms. The number of carbonyl (C=O) groups is 2. The number of halogens is 1. The van der Waals surface area contributed by atoms with Crippen LogP contribution in [-0.2, 0) is 0 Å². The highest BCUT2D eigenvalue weighted by Gasteiger charge is 2.14. The Balaban J connectivity index is 2.04. The van der Waals surface area contributed by atoms with Crippen molar-refractivity contribution in [3.8, 4) is 11.5 Å². The van der Waals surface area contributed by atoms with E-state index in [1.807, 2.05) is 0 Å².